The van der Waals surface area contributed by atoms with Crippen LogP contribution in [0, 0.1) is 0 Å². The van der Waals surface area contributed by atoms with Crippen LogP contribution < -0.4 is 4.90 Å². The van der Waals surface area contributed by atoms with Gasteiger partial charge in [0, 0.05) is 37.3 Å². The number of fused-ring (bicyclic) bond motifs is 3. The van der Waals surface area contributed by atoms with Gasteiger partial charge in [0.15, 0.2) is 5.13 Å². The molecule has 4 rings (SSSR count). The lowest BCUT2D eigenvalue weighted by atomic mass is 10.2. The summed E-state index contributed by atoms with van der Waals surface area (Å²) >= 11 is 1.83. The van der Waals surface area contributed by atoms with Crippen molar-refractivity contribution in [3.8, 4) is 0 Å². The monoisotopic (exact) mass is 361 g/mol. The minimum atomic E-state index is -1.26. The number of benzene rings is 1. The molecular formula is C17H19N3O4S. The standard InChI is InChI=1S/C13H15N3S.C4H4O4/c1-15-7-10-6-9(15)8-16(10)13-14-11-4-2-3-5-12(11)17-13;5-3(6)1-2-4(7)8/h2-5,9-10H,6-8H2,1H3;1-2H,(H,5,6)(H,7,8)/b;2-1+/t9-,10-;/m0./s1. The molecule has 0 unspecified atom stereocenters. The van der Waals surface area contributed by atoms with Gasteiger partial charge in [-0.2, -0.15) is 0 Å². The Balaban J connectivity index is 0.000000197. The number of carboxylic acid groups (broad SMARTS) is 2. The molecule has 2 aromatic rings. The molecule has 2 bridgehead atoms. The fourth-order valence-corrected chi connectivity index (χ4v) is 4.27. The first kappa shape index (κ1) is 17.4. The number of para-hydroxylation sites is 1. The molecule has 2 N–H and O–H groups in total. The highest BCUT2D eigenvalue weighted by Gasteiger charge is 2.42. The maximum Gasteiger partial charge on any atom is 0.328 e. The summed E-state index contributed by atoms with van der Waals surface area (Å²) in [6.45, 7) is 2.35. The zero-order valence-corrected chi connectivity index (χ0v) is 14.5. The number of rotatable bonds is 3. The largest absolute Gasteiger partial charge is 0.478 e. The second-order valence-electron chi connectivity index (χ2n) is 6.11. The summed E-state index contributed by atoms with van der Waals surface area (Å²) in [6.07, 6.45) is 2.43. The van der Waals surface area contributed by atoms with E-state index >= 15 is 0 Å². The second-order valence-corrected chi connectivity index (χ2v) is 7.12. The van der Waals surface area contributed by atoms with Gasteiger partial charge in [-0.05, 0) is 25.6 Å². The smallest absolute Gasteiger partial charge is 0.328 e. The van der Waals surface area contributed by atoms with Crippen LogP contribution in [0.4, 0.5) is 5.13 Å². The van der Waals surface area contributed by atoms with Gasteiger partial charge in [-0.1, -0.05) is 23.5 Å². The Labute approximate surface area is 148 Å². The fraction of sp³-hybridized carbons (Fsp3) is 0.353. The number of likely N-dealkylation sites (N-methyl/N-ethyl adjacent to an activating group) is 1. The molecule has 0 saturated carbocycles. The number of aliphatic carboxylic acids is 2. The van der Waals surface area contributed by atoms with Crippen LogP contribution in [0.15, 0.2) is 36.4 Å². The molecule has 2 atom stereocenters. The number of anilines is 1. The van der Waals surface area contributed by atoms with Gasteiger partial charge in [0.2, 0.25) is 0 Å². The van der Waals surface area contributed by atoms with E-state index < -0.39 is 11.9 Å². The van der Waals surface area contributed by atoms with E-state index in [1.165, 1.54) is 22.8 Å². The SMILES string of the molecule is CN1C[C@@H]2C[C@H]1CN2c1nc2ccccc2s1.O=C(O)/C=C/C(=O)O. The van der Waals surface area contributed by atoms with E-state index in [0.29, 0.717) is 18.2 Å². The van der Waals surface area contributed by atoms with Crippen molar-refractivity contribution in [2.75, 3.05) is 25.0 Å². The Hall–Kier alpha value is -2.45. The molecule has 1 aromatic heterocycles. The quantitative estimate of drug-likeness (QED) is 0.807. The number of piperazine rings is 1. The Kier molecular flexibility index (Phi) is 5.00. The number of nitrogens with zero attached hydrogens (tertiary/aromatic N) is 3. The Bertz CT molecular complexity index is 768. The van der Waals surface area contributed by atoms with Crippen LogP contribution in [0.5, 0.6) is 0 Å². The van der Waals surface area contributed by atoms with Crippen LogP contribution in [0.1, 0.15) is 6.42 Å². The van der Waals surface area contributed by atoms with Crippen molar-refractivity contribution in [1.82, 2.24) is 9.88 Å². The molecule has 0 aliphatic carbocycles. The van der Waals surface area contributed by atoms with Crippen LogP contribution >= 0.6 is 11.3 Å². The number of thiazole rings is 1. The van der Waals surface area contributed by atoms with Crippen molar-refractivity contribution in [3.05, 3.63) is 36.4 Å². The first-order valence-electron chi connectivity index (χ1n) is 7.90. The lowest BCUT2D eigenvalue weighted by Crippen LogP contribution is -2.44. The molecule has 1 aromatic carbocycles. The Morgan fingerprint density at radius 3 is 2.36 bits per heavy atom. The highest BCUT2D eigenvalue weighted by molar-refractivity contribution is 7.22. The van der Waals surface area contributed by atoms with Crippen molar-refractivity contribution in [1.29, 1.82) is 0 Å². The van der Waals surface area contributed by atoms with Crippen LogP contribution in [0.25, 0.3) is 10.2 Å². The number of carbonyl (C=O) groups is 2. The van der Waals surface area contributed by atoms with Gasteiger partial charge in [-0.3, -0.25) is 4.90 Å². The normalized spacial score (nSPS) is 22.4. The minimum Gasteiger partial charge on any atom is -0.478 e. The molecule has 2 fully saturated rings. The molecule has 2 aliphatic rings. The van der Waals surface area contributed by atoms with Gasteiger partial charge in [0.25, 0.3) is 0 Å². The third-order valence-electron chi connectivity index (χ3n) is 4.41. The zero-order chi connectivity index (χ0) is 18.0. The van der Waals surface area contributed by atoms with E-state index in [4.69, 9.17) is 15.2 Å². The highest BCUT2D eigenvalue weighted by Crippen LogP contribution is 2.37. The molecule has 25 heavy (non-hydrogen) atoms. The van der Waals surface area contributed by atoms with Gasteiger partial charge in [-0.25, -0.2) is 14.6 Å². The van der Waals surface area contributed by atoms with Crippen LogP contribution in [0.2, 0.25) is 0 Å². The predicted molar refractivity (Wildman–Crippen MR) is 96.2 cm³/mol. The number of carboxylic acids is 2. The molecule has 2 saturated heterocycles. The van der Waals surface area contributed by atoms with Crippen LogP contribution in [-0.4, -0.2) is 64.3 Å². The first-order chi connectivity index (χ1) is 11.9. The summed E-state index contributed by atoms with van der Waals surface area (Å²) in [5.74, 6) is -2.51. The third-order valence-corrected chi connectivity index (χ3v) is 5.48. The van der Waals surface area contributed by atoms with Gasteiger partial charge in [0.1, 0.15) is 0 Å². The van der Waals surface area contributed by atoms with E-state index in [2.05, 4.69) is 41.1 Å². The molecule has 0 radical (unpaired) electrons. The summed E-state index contributed by atoms with van der Waals surface area (Å²) in [5, 5.41) is 16.8. The number of hydrogen-bond acceptors (Lipinski definition) is 6. The second kappa shape index (κ2) is 7.20. The topological polar surface area (TPSA) is 94.0 Å². The van der Waals surface area contributed by atoms with E-state index in [0.717, 1.165) is 18.1 Å². The number of hydrogen-bond donors (Lipinski definition) is 2. The average molecular weight is 361 g/mol. The van der Waals surface area contributed by atoms with Gasteiger partial charge in [-0.15, -0.1) is 0 Å². The lowest BCUT2D eigenvalue weighted by molar-refractivity contribution is -0.134. The summed E-state index contributed by atoms with van der Waals surface area (Å²) in [6, 6.07) is 9.86. The van der Waals surface area contributed by atoms with E-state index in [9.17, 15) is 9.59 Å². The van der Waals surface area contributed by atoms with Gasteiger partial charge < -0.3 is 15.1 Å². The molecular weight excluding hydrogens is 342 g/mol. The number of aromatic nitrogens is 1. The van der Waals surface area contributed by atoms with Crippen LogP contribution in [-0.2, 0) is 9.59 Å². The molecule has 0 spiro atoms. The maximum atomic E-state index is 9.55. The first-order valence-corrected chi connectivity index (χ1v) is 8.72. The summed E-state index contributed by atoms with van der Waals surface area (Å²) in [7, 11) is 2.24. The summed E-state index contributed by atoms with van der Waals surface area (Å²) in [5.41, 5.74) is 1.14. The zero-order valence-electron chi connectivity index (χ0n) is 13.7. The average Bonchev–Trinajstić information content (AvgIpc) is 3.25. The molecule has 2 aliphatic heterocycles. The lowest BCUT2D eigenvalue weighted by Gasteiger charge is -2.31. The number of likely N-dealkylation sites (tertiary alicyclic amines) is 1. The molecule has 3 heterocycles. The van der Waals surface area contributed by atoms with Crippen molar-refractivity contribution < 1.29 is 19.8 Å². The van der Waals surface area contributed by atoms with Crippen molar-refractivity contribution in [2.24, 2.45) is 0 Å². The van der Waals surface area contributed by atoms with Crippen molar-refractivity contribution >= 4 is 38.6 Å². The van der Waals surface area contributed by atoms with Crippen molar-refractivity contribution in [3.63, 3.8) is 0 Å². The van der Waals surface area contributed by atoms with E-state index in [1.54, 1.807) is 0 Å². The molecule has 7 nitrogen and oxygen atoms in total. The van der Waals surface area contributed by atoms with E-state index in [-0.39, 0.29) is 0 Å². The fourth-order valence-electron chi connectivity index (χ4n) is 3.23. The predicted octanol–water partition coefficient (Wildman–Crippen LogP) is 1.90. The highest BCUT2D eigenvalue weighted by atomic mass is 32.1. The van der Waals surface area contributed by atoms with Crippen LogP contribution in [0.3, 0.4) is 0 Å². The van der Waals surface area contributed by atoms with Gasteiger partial charge >= 0.3 is 11.9 Å². The molecule has 0 amide bonds. The minimum absolute atomic E-state index is 0.558. The molecule has 132 valence electrons. The van der Waals surface area contributed by atoms with Crippen molar-refractivity contribution in [2.45, 2.75) is 18.5 Å². The molecule has 8 heteroatoms. The maximum absolute atomic E-state index is 9.55. The Morgan fingerprint density at radius 2 is 1.84 bits per heavy atom. The Morgan fingerprint density at radius 1 is 1.16 bits per heavy atom. The van der Waals surface area contributed by atoms with E-state index in [1.807, 2.05) is 11.3 Å². The summed E-state index contributed by atoms with van der Waals surface area (Å²) in [4.78, 5) is 28.9. The van der Waals surface area contributed by atoms with Gasteiger partial charge in [0.05, 0.1) is 10.2 Å². The third kappa shape index (κ3) is 3.97. The summed E-state index contributed by atoms with van der Waals surface area (Å²) < 4.78 is 1.30.